The van der Waals surface area contributed by atoms with Crippen LogP contribution >= 0.6 is 26.6 Å². The maximum Gasteiger partial charge on any atom is 0.387 e. The highest BCUT2D eigenvalue weighted by Crippen LogP contribution is 2.39. The van der Waals surface area contributed by atoms with E-state index in [2.05, 4.69) is 20.7 Å². The Hall–Kier alpha value is -1.00. The number of rotatable bonds is 4. The molecule has 1 rings (SSSR count). The van der Waals surface area contributed by atoms with E-state index in [1.165, 1.54) is 0 Å². The van der Waals surface area contributed by atoms with Crippen molar-refractivity contribution in [1.29, 1.82) is 0 Å². The van der Waals surface area contributed by atoms with Gasteiger partial charge in [-0.2, -0.15) is 8.78 Å². The van der Waals surface area contributed by atoms with E-state index in [4.69, 9.17) is 10.7 Å². The Kier molecular flexibility index (Phi) is 4.46. The summed E-state index contributed by atoms with van der Waals surface area (Å²) < 4.78 is 50.4. The molecule has 0 saturated carbocycles. The van der Waals surface area contributed by atoms with Gasteiger partial charge in [0.1, 0.15) is 4.90 Å². The highest BCUT2D eigenvalue weighted by Gasteiger charge is 2.29. The van der Waals surface area contributed by atoms with Crippen LogP contribution in [0, 0.1) is 10.1 Å². The fraction of sp³-hybridized carbons (Fsp3) is 0.143. The molecule has 0 radical (unpaired) electrons. The maximum atomic E-state index is 12.1. The van der Waals surface area contributed by atoms with Crippen LogP contribution in [0.15, 0.2) is 21.5 Å². The number of benzene rings is 1. The van der Waals surface area contributed by atoms with Crippen molar-refractivity contribution in [2.24, 2.45) is 0 Å². The zero-order valence-corrected chi connectivity index (χ0v) is 11.3. The first kappa shape index (κ1) is 15.1. The first-order valence-corrected chi connectivity index (χ1v) is 7.10. The van der Waals surface area contributed by atoms with Crippen molar-refractivity contribution in [3.63, 3.8) is 0 Å². The van der Waals surface area contributed by atoms with Crippen molar-refractivity contribution in [3.05, 3.63) is 26.7 Å². The first-order valence-electron chi connectivity index (χ1n) is 4.00. The number of hydrogen-bond donors (Lipinski definition) is 0. The fourth-order valence-electron chi connectivity index (χ4n) is 1.08. The van der Waals surface area contributed by atoms with Gasteiger partial charge in [0.2, 0.25) is 5.75 Å². The second-order valence-electron chi connectivity index (χ2n) is 2.83. The molecule has 0 atom stereocenters. The third-order valence-electron chi connectivity index (χ3n) is 1.67. The lowest BCUT2D eigenvalue weighted by Gasteiger charge is -2.09. The number of alkyl halides is 2. The molecule has 1 aromatic rings. The average molecular weight is 367 g/mol. The van der Waals surface area contributed by atoms with Crippen LogP contribution in [0.3, 0.4) is 0 Å². The summed E-state index contributed by atoms with van der Waals surface area (Å²) in [6.45, 7) is -3.43. The molecular formula is C7H3BrClF2NO5S. The quantitative estimate of drug-likeness (QED) is 0.464. The van der Waals surface area contributed by atoms with Gasteiger partial charge in [-0.05, 0) is 6.07 Å². The van der Waals surface area contributed by atoms with Crippen LogP contribution in [-0.2, 0) is 9.05 Å². The molecule has 0 spiro atoms. The molecule has 11 heteroatoms. The van der Waals surface area contributed by atoms with Gasteiger partial charge in [0.25, 0.3) is 9.05 Å². The van der Waals surface area contributed by atoms with E-state index in [-0.39, 0.29) is 4.47 Å². The third-order valence-corrected chi connectivity index (χ3v) is 3.45. The summed E-state index contributed by atoms with van der Waals surface area (Å²) in [5.41, 5.74) is -0.941. The molecule has 6 nitrogen and oxygen atoms in total. The van der Waals surface area contributed by atoms with Crippen molar-refractivity contribution in [2.75, 3.05) is 0 Å². The highest BCUT2D eigenvalue weighted by molar-refractivity contribution is 9.10. The minimum atomic E-state index is -4.48. The maximum absolute atomic E-state index is 12.1. The predicted molar refractivity (Wildman–Crippen MR) is 60.5 cm³/mol. The van der Waals surface area contributed by atoms with Gasteiger partial charge in [-0.1, -0.05) is 15.9 Å². The lowest BCUT2D eigenvalue weighted by atomic mass is 10.3. The van der Waals surface area contributed by atoms with Gasteiger partial charge in [0, 0.05) is 21.2 Å². The number of hydrogen-bond acceptors (Lipinski definition) is 5. The van der Waals surface area contributed by atoms with Crippen LogP contribution in [0.1, 0.15) is 0 Å². The standard InChI is InChI=1S/C7H3BrClF2NO5S/c8-3-1-4(12(13)14)6(17-7(10)11)5(2-3)18(9,15)16/h1-2,7H. The molecule has 0 heterocycles. The molecule has 100 valence electrons. The number of ether oxygens (including phenoxy) is 1. The zero-order chi connectivity index (χ0) is 14.1. The van der Waals surface area contributed by atoms with E-state index in [0.29, 0.717) is 0 Å². The summed E-state index contributed by atoms with van der Waals surface area (Å²) in [5, 5.41) is 10.7. The molecule has 0 aliphatic carbocycles. The molecule has 0 bridgehead atoms. The lowest BCUT2D eigenvalue weighted by molar-refractivity contribution is -0.386. The Labute approximate surface area is 112 Å². The van der Waals surface area contributed by atoms with Crippen LogP contribution in [0.4, 0.5) is 14.5 Å². The van der Waals surface area contributed by atoms with Gasteiger partial charge in [-0.3, -0.25) is 10.1 Å². The second kappa shape index (κ2) is 5.33. The van der Waals surface area contributed by atoms with Gasteiger partial charge in [0.05, 0.1) is 4.92 Å². The van der Waals surface area contributed by atoms with E-state index in [0.717, 1.165) is 12.1 Å². The van der Waals surface area contributed by atoms with Crippen molar-refractivity contribution >= 4 is 41.4 Å². The topological polar surface area (TPSA) is 86.5 Å². The molecule has 0 aliphatic rings. The monoisotopic (exact) mass is 365 g/mol. The van der Waals surface area contributed by atoms with Gasteiger partial charge >= 0.3 is 12.3 Å². The van der Waals surface area contributed by atoms with Crippen molar-refractivity contribution in [2.45, 2.75) is 11.5 Å². The smallest absolute Gasteiger partial charge is 0.387 e. The Morgan fingerprint density at radius 3 is 2.39 bits per heavy atom. The summed E-state index contributed by atoms with van der Waals surface area (Å²) in [6.07, 6.45) is 0. The summed E-state index contributed by atoms with van der Waals surface area (Å²) in [5.74, 6) is -1.10. The van der Waals surface area contributed by atoms with Crippen LogP contribution in [-0.4, -0.2) is 20.0 Å². The number of nitro groups is 1. The number of halogens is 4. The number of nitrogens with zero attached hydrogens (tertiary/aromatic N) is 1. The molecule has 0 aromatic heterocycles. The van der Waals surface area contributed by atoms with Gasteiger partial charge in [0.15, 0.2) is 0 Å². The third kappa shape index (κ3) is 3.50. The largest absolute Gasteiger partial charge is 0.426 e. The Morgan fingerprint density at radius 2 is 2.00 bits per heavy atom. The molecule has 0 aliphatic heterocycles. The summed E-state index contributed by atoms with van der Waals surface area (Å²) in [6, 6.07) is 1.65. The van der Waals surface area contributed by atoms with Crippen molar-refractivity contribution in [3.8, 4) is 5.75 Å². The van der Waals surface area contributed by atoms with Crippen LogP contribution in [0.2, 0.25) is 0 Å². The molecule has 0 N–H and O–H groups in total. The van der Waals surface area contributed by atoms with Gasteiger partial charge < -0.3 is 4.74 Å². The van der Waals surface area contributed by atoms with E-state index in [1.54, 1.807) is 0 Å². The van der Waals surface area contributed by atoms with Gasteiger partial charge in [-0.25, -0.2) is 8.42 Å². The van der Waals surface area contributed by atoms with E-state index in [9.17, 15) is 27.3 Å². The molecule has 0 saturated heterocycles. The molecule has 1 aromatic carbocycles. The summed E-state index contributed by atoms with van der Waals surface area (Å²) in [7, 11) is 0.522. The molecule has 0 unspecified atom stereocenters. The predicted octanol–water partition coefficient (Wildman–Crippen LogP) is 2.89. The SMILES string of the molecule is O=[N+]([O-])c1cc(Br)cc(S(=O)(=O)Cl)c1OC(F)F. The van der Waals surface area contributed by atoms with E-state index < -0.39 is 36.9 Å². The molecule has 18 heavy (non-hydrogen) atoms. The Balaban J connectivity index is 3.63. The lowest BCUT2D eigenvalue weighted by Crippen LogP contribution is -2.08. The average Bonchev–Trinajstić information content (AvgIpc) is 2.17. The second-order valence-corrected chi connectivity index (χ2v) is 6.28. The van der Waals surface area contributed by atoms with E-state index >= 15 is 0 Å². The van der Waals surface area contributed by atoms with Crippen LogP contribution in [0.25, 0.3) is 0 Å². The summed E-state index contributed by atoms with van der Waals surface area (Å²) >= 11 is 2.80. The Morgan fingerprint density at radius 1 is 1.44 bits per heavy atom. The Bertz CT molecular complexity index is 594. The molecular weight excluding hydrogens is 363 g/mol. The fourth-order valence-corrected chi connectivity index (χ4v) is 2.66. The van der Waals surface area contributed by atoms with Crippen LogP contribution in [0.5, 0.6) is 5.75 Å². The van der Waals surface area contributed by atoms with Gasteiger partial charge in [-0.15, -0.1) is 0 Å². The normalized spacial score (nSPS) is 11.6. The summed E-state index contributed by atoms with van der Waals surface area (Å²) in [4.78, 5) is 8.68. The first-order chi connectivity index (χ1) is 8.12. The van der Waals surface area contributed by atoms with E-state index in [1.807, 2.05) is 0 Å². The molecule has 0 amide bonds. The highest BCUT2D eigenvalue weighted by atomic mass is 79.9. The molecule has 0 fully saturated rings. The van der Waals surface area contributed by atoms with Crippen molar-refractivity contribution < 1.29 is 26.9 Å². The number of nitro benzene ring substituents is 1. The van der Waals surface area contributed by atoms with Crippen LogP contribution < -0.4 is 4.74 Å². The minimum Gasteiger partial charge on any atom is -0.426 e. The van der Waals surface area contributed by atoms with Crippen molar-refractivity contribution in [1.82, 2.24) is 0 Å². The minimum absolute atomic E-state index is 0.0185. The zero-order valence-electron chi connectivity index (χ0n) is 8.14.